The summed E-state index contributed by atoms with van der Waals surface area (Å²) in [6.07, 6.45) is 2.69. The first-order valence-electron chi connectivity index (χ1n) is 10.4. The number of hydrogen-bond donors (Lipinski definition) is 1. The van der Waals surface area contributed by atoms with Gasteiger partial charge in [0.25, 0.3) is 5.91 Å². The van der Waals surface area contributed by atoms with Gasteiger partial charge in [0.05, 0.1) is 12.1 Å². The third-order valence-electron chi connectivity index (χ3n) is 5.75. The Morgan fingerprint density at radius 3 is 2.24 bits per heavy atom. The lowest BCUT2D eigenvalue weighted by Crippen LogP contribution is -2.80. The lowest BCUT2D eigenvalue weighted by Gasteiger charge is -2.61. The Balaban J connectivity index is 1.31. The third-order valence-corrected chi connectivity index (χ3v) is 5.75. The molecule has 0 bridgehead atoms. The van der Waals surface area contributed by atoms with Crippen LogP contribution < -0.4 is 20.1 Å². The number of piperazine rings is 1. The lowest BCUT2D eigenvalue weighted by molar-refractivity contribution is -0.138. The Morgan fingerprint density at radius 1 is 0.970 bits per heavy atom. The largest absolute Gasteiger partial charge is 0.457 e. The highest BCUT2D eigenvalue weighted by Crippen LogP contribution is 2.37. The third kappa shape index (κ3) is 3.84. The molecule has 2 atom stereocenters. The maximum Gasteiger partial charge on any atom is 0.255 e. The number of hydrogen-bond acceptors (Lipinski definition) is 7. The van der Waals surface area contributed by atoms with Gasteiger partial charge in [0.1, 0.15) is 22.8 Å². The molecule has 0 aliphatic carbocycles. The van der Waals surface area contributed by atoms with E-state index in [-0.39, 0.29) is 29.4 Å². The van der Waals surface area contributed by atoms with E-state index in [4.69, 9.17) is 15.2 Å². The van der Waals surface area contributed by atoms with E-state index in [0.29, 0.717) is 30.5 Å². The summed E-state index contributed by atoms with van der Waals surface area (Å²) in [5.74, 6) is 1.56. The van der Waals surface area contributed by atoms with Crippen molar-refractivity contribution in [2.24, 2.45) is 5.73 Å². The number of aromatic nitrogens is 2. The van der Waals surface area contributed by atoms with Crippen LogP contribution in [0.15, 0.2) is 73.4 Å². The SMILES string of the molecule is C=CC(=O)N1CC2[C@H]1CN2c1ncc(C(N)=O)c(Oc2ccc(Oc3ccccc3)cc2)n1. The van der Waals surface area contributed by atoms with Gasteiger partial charge in [0.15, 0.2) is 0 Å². The van der Waals surface area contributed by atoms with Gasteiger partial charge < -0.3 is 25.0 Å². The van der Waals surface area contributed by atoms with Crippen LogP contribution in [0.25, 0.3) is 0 Å². The molecule has 2 fully saturated rings. The molecular weight excluding hydrogens is 422 g/mol. The number of nitrogens with zero attached hydrogens (tertiary/aromatic N) is 4. The molecule has 3 aromatic rings. The van der Waals surface area contributed by atoms with Crippen molar-refractivity contribution in [1.82, 2.24) is 14.9 Å². The fourth-order valence-corrected chi connectivity index (χ4v) is 3.91. The number of nitrogens with two attached hydrogens (primary N) is 1. The second-order valence-corrected chi connectivity index (χ2v) is 7.72. The van der Waals surface area contributed by atoms with Crippen molar-refractivity contribution in [3.05, 3.63) is 79.0 Å². The van der Waals surface area contributed by atoms with Crippen LogP contribution in [-0.2, 0) is 4.79 Å². The van der Waals surface area contributed by atoms with Gasteiger partial charge >= 0.3 is 0 Å². The summed E-state index contributed by atoms with van der Waals surface area (Å²) in [5, 5.41) is 0. The predicted molar refractivity (Wildman–Crippen MR) is 120 cm³/mol. The van der Waals surface area contributed by atoms with E-state index in [1.807, 2.05) is 35.2 Å². The number of carbonyl (C=O) groups is 2. The zero-order valence-electron chi connectivity index (χ0n) is 17.6. The molecule has 2 aromatic carbocycles. The number of primary amides is 1. The highest BCUT2D eigenvalue weighted by molar-refractivity contribution is 5.95. The van der Waals surface area contributed by atoms with E-state index in [2.05, 4.69) is 16.5 Å². The number of anilines is 1. The minimum absolute atomic E-state index is 0.0750. The average molecular weight is 443 g/mol. The highest BCUT2D eigenvalue weighted by atomic mass is 16.5. The van der Waals surface area contributed by atoms with Crippen molar-refractivity contribution in [2.75, 3.05) is 18.0 Å². The van der Waals surface area contributed by atoms with Crippen molar-refractivity contribution < 1.29 is 19.1 Å². The van der Waals surface area contributed by atoms with Gasteiger partial charge in [-0.2, -0.15) is 4.98 Å². The summed E-state index contributed by atoms with van der Waals surface area (Å²) in [6, 6.07) is 16.6. The molecular formula is C24H21N5O4. The van der Waals surface area contributed by atoms with Crippen LogP contribution >= 0.6 is 0 Å². The summed E-state index contributed by atoms with van der Waals surface area (Å²) in [4.78, 5) is 36.2. The molecule has 1 aromatic heterocycles. The smallest absolute Gasteiger partial charge is 0.255 e. The molecule has 3 heterocycles. The summed E-state index contributed by atoms with van der Waals surface area (Å²) in [7, 11) is 0. The topological polar surface area (TPSA) is 111 Å². The van der Waals surface area contributed by atoms with Crippen LogP contribution in [-0.4, -0.2) is 51.9 Å². The van der Waals surface area contributed by atoms with Crippen LogP contribution in [0.2, 0.25) is 0 Å². The van der Waals surface area contributed by atoms with Gasteiger partial charge in [-0.05, 0) is 42.5 Å². The molecule has 2 aliphatic rings. The molecule has 0 saturated carbocycles. The molecule has 9 heteroatoms. The molecule has 1 unspecified atom stereocenters. The quantitative estimate of drug-likeness (QED) is 0.559. The number of benzene rings is 2. The second kappa shape index (κ2) is 8.27. The highest BCUT2D eigenvalue weighted by Gasteiger charge is 2.54. The number of para-hydroxylation sites is 1. The maximum atomic E-state index is 11.9. The molecule has 0 radical (unpaired) electrons. The van der Waals surface area contributed by atoms with E-state index >= 15 is 0 Å². The van der Waals surface area contributed by atoms with Crippen molar-refractivity contribution >= 4 is 17.8 Å². The lowest BCUT2D eigenvalue weighted by atomic mass is 9.86. The predicted octanol–water partition coefficient (Wildman–Crippen LogP) is 2.75. The Kier molecular flexibility index (Phi) is 5.14. The van der Waals surface area contributed by atoms with Gasteiger partial charge in [-0.15, -0.1) is 0 Å². The van der Waals surface area contributed by atoms with E-state index in [0.717, 1.165) is 5.75 Å². The fourth-order valence-electron chi connectivity index (χ4n) is 3.91. The summed E-state index contributed by atoms with van der Waals surface area (Å²) in [5.41, 5.74) is 5.57. The number of amides is 2. The van der Waals surface area contributed by atoms with Crippen molar-refractivity contribution in [3.63, 3.8) is 0 Å². The minimum atomic E-state index is -0.687. The van der Waals surface area contributed by atoms with Crippen LogP contribution in [0.3, 0.4) is 0 Å². The van der Waals surface area contributed by atoms with Crippen LogP contribution in [0, 0.1) is 0 Å². The Hall–Kier alpha value is -4.40. The number of likely N-dealkylation sites (tertiary alicyclic amines) is 1. The monoisotopic (exact) mass is 443 g/mol. The number of rotatable bonds is 7. The van der Waals surface area contributed by atoms with Gasteiger partial charge in [0.2, 0.25) is 17.7 Å². The number of carbonyl (C=O) groups excluding carboxylic acids is 2. The van der Waals surface area contributed by atoms with Gasteiger partial charge in [-0.1, -0.05) is 24.8 Å². The van der Waals surface area contributed by atoms with Crippen molar-refractivity contribution in [1.29, 1.82) is 0 Å². The maximum absolute atomic E-state index is 11.9. The van der Waals surface area contributed by atoms with E-state index in [9.17, 15) is 9.59 Å². The van der Waals surface area contributed by atoms with Crippen LogP contribution in [0.4, 0.5) is 5.95 Å². The standard InChI is InChI=1S/C24H21N5O4/c1-2-21(30)28-13-20-19(28)14-29(20)24-26-12-18(22(25)31)23(27-24)33-17-10-8-16(9-11-17)32-15-6-4-3-5-7-15/h2-12,19-20H,1,13-14H2,(H2,25,31)/t19-,20?/m1/s1. The van der Waals surface area contributed by atoms with Gasteiger partial charge in [-0.3, -0.25) is 9.59 Å². The molecule has 2 saturated heterocycles. The van der Waals surface area contributed by atoms with E-state index in [1.165, 1.54) is 12.3 Å². The number of ether oxygens (including phenoxy) is 2. The summed E-state index contributed by atoms with van der Waals surface area (Å²) in [6.45, 7) is 4.71. The molecule has 33 heavy (non-hydrogen) atoms. The molecule has 2 amide bonds. The van der Waals surface area contributed by atoms with Crippen LogP contribution in [0.5, 0.6) is 23.1 Å². The molecule has 2 N–H and O–H groups in total. The first-order valence-corrected chi connectivity index (χ1v) is 10.4. The normalized spacial score (nSPS) is 18.4. The molecule has 5 rings (SSSR count). The first-order chi connectivity index (χ1) is 16.0. The summed E-state index contributed by atoms with van der Waals surface area (Å²) >= 11 is 0. The fraction of sp³-hybridized carbons (Fsp3) is 0.167. The molecule has 166 valence electrons. The Bertz CT molecular complexity index is 1220. The van der Waals surface area contributed by atoms with Gasteiger partial charge in [-0.25, -0.2) is 4.98 Å². The zero-order chi connectivity index (χ0) is 22.9. The first kappa shape index (κ1) is 20.5. The second-order valence-electron chi connectivity index (χ2n) is 7.72. The summed E-state index contributed by atoms with van der Waals surface area (Å²) < 4.78 is 11.7. The Morgan fingerprint density at radius 2 is 1.64 bits per heavy atom. The molecule has 9 nitrogen and oxygen atoms in total. The Labute approximate surface area is 190 Å². The minimum Gasteiger partial charge on any atom is -0.457 e. The molecule has 2 aliphatic heterocycles. The van der Waals surface area contributed by atoms with E-state index < -0.39 is 5.91 Å². The van der Waals surface area contributed by atoms with Crippen molar-refractivity contribution in [2.45, 2.75) is 12.1 Å². The molecule has 0 spiro atoms. The van der Waals surface area contributed by atoms with E-state index in [1.54, 1.807) is 29.2 Å². The van der Waals surface area contributed by atoms with Crippen molar-refractivity contribution in [3.8, 4) is 23.1 Å². The average Bonchev–Trinajstić information content (AvgIpc) is 2.81. The zero-order valence-corrected chi connectivity index (χ0v) is 17.6. The van der Waals surface area contributed by atoms with Gasteiger partial charge in [0, 0.05) is 19.3 Å². The number of fused-ring (bicyclic) bond motifs is 1. The van der Waals surface area contributed by atoms with Crippen LogP contribution in [0.1, 0.15) is 10.4 Å².